The molecule has 0 aliphatic rings. The molecule has 0 spiro atoms. The van der Waals surface area contributed by atoms with E-state index in [-0.39, 0.29) is 5.56 Å². The third kappa shape index (κ3) is 2.55. The summed E-state index contributed by atoms with van der Waals surface area (Å²) in [4.78, 5) is 19.4. The highest BCUT2D eigenvalue weighted by molar-refractivity contribution is 6.04. The Balaban J connectivity index is 1.74. The maximum absolute atomic E-state index is 12.3. The SMILES string of the molecule is O=c1[nH]c2ncccc2c2ccc(NCc3ccccc3)cc12. The van der Waals surface area contributed by atoms with Crippen LogP contribution in [0, 0.1) is 0 Å². The second-order valence-electron chi connectivity index (χ2n) is 5.45. The Morgan fingerprint density at radius 1 is 0.913 bits per heavy atom. The summed E-state index contributed by atoms with van der Waals surface area (Å²) in [5, 5.41) is 5.90. The fraction of sp³-hybridized carbons (Fsp3) is 0.0526. The van der Waals surface area contributed by atoms with Gasteiger partial charge in [-0.2, -0.15) is 0 Å². The van der Waals surface area contributed by atoms with Gasteiger partial charge in [0.25, 0.3) is 5.56 Å². The van der Waals surface area contributed by atoms with Gasteiger partial charge in [-0.15, -0.1) is 0 Å². The van der Waals surface area contributed by atoms with Gasteiger partial charge in [-0.25, -0.2) is 4.98 Å². The zero-order valence-corrected chi connectivity index (χ0v) is 12.4. The minimum Gasteiger partial charge on any atom is -0.381 e. The molecule has 23 heavy (non-hydrogen) atoms. The predicted molar refractivity (Wildman–Crippen MR) is 93.6 cm³/mol. The van der Waals surface area contributed by atoms with Crippen molar-refractivity contribution in [2.45, 2.75) is 6.54 Å². The Kier molecular flexibility index (Phi) is 3.27. The molecule has 4 heteroatoms. The van der Waals surface area contributed by atoms with Gasteiger partial charge in [-0.05, 0) is 35.2 Å². The standard InChI is InChI=1S/C19H15N3O/c23-19-17-11-14(21-12-13-5-2-1-3-6-13)8-9-15(17)16-7-4-10-20-18(16)22-19/h1-11,21H,12H2,(H,20,22,23). The molecule has 0 aliphatic heterocycles. The van der Waals surface area contributed by atoms with Gasteiger partial charge in [0, 0.05) is 29.2 Å². The van der Waals surface area contributed by atoms with Crippen molar-refractivity contribution in [2.75, 3.05) is 5.32 Å². The summed E-state index contributed by atoms with van der Waals surface area (Å²) < 4.78 is 0. The van der Waals surface area contributed by atoms with Crippen LogP contribution < -0.4 is 10.9 Å². The molecule has 0 fully saturated rings. The van der Waals surface area contributed by atoms with Crippen molar-refractivity contribution in [3.63, 3.8) is 0 Å². The van der Waals surface area contributed by atoms with Gasteiger partial charge < -0.3 is 10.3 Å². The quantitative estimate of drug-likeness (QED) is 0.567. The van der Waals surface area contributed by atoms with E-state index in [2.05, 4.69) is 27.4 Å². The molecule has 4 rings (SSSR count). The minimum absolute atomic E-state index is 0.116. The first-order valence-electron chi connectivity index (χ1n) is 7.50. The third-order valence-electron chi connectivity index (χ3n) is 3.93. The number of fused-ring (bicyclic) bond motifs is 3. The third-order valence-corrected chi connectivity index (χ3v) is 3.93. The zero-order valence-electron chi connectivity index (χ0n) is 12.4. The highest BCUT2D eigenvalue weighted by Crippen LogP contribution is 2.22. The molecule has 112 valence electrons. The first-order chi connectivity index (χ1) is 11.3. The lowest BCUT2D eigenvalue weighted by molar-refractivity contribution is 1.15. The van der Waals surface area contributed by atoms with Gasteiger partial charge in [-0.1, -0.05) is 36.4 Å². The molecular weight excluding hydrogens is 286 g/mol. The summed E-state index contributed by atoms with van der Waals surface area (Å²) in [5.41, 5.74) is 2.63. The van der Waals surface area contributed by atoms with Crippen molar-refractivity contribution in [3.8, 4) is 0 Å². The van der Waals surface area contributed by atoms with Crippen LogP contribution in [0.1, 0.15) is 5.56 Å². The second-order valence-corrected chi connectivity index (χ2v) is 5.45. The summed E-state index contributed by atoms with van der Waals surface area (Å²) in [6.45, 7) is 0.722. The number of hydrogen-bond donors (Lipinski definition) is 2. The molecule has 0 amide bonds. The number of nitrogens with zero attached hydrogens (tertiary/aromatic N) is 1. The van der Waals surface area contributed by atoms with Crippen molar-refractivity contribution < 1.29 is 0 Å². The minimum atomic E-state index is -0.116. The first kappa shape index (κ1) is 13.5. The molecular formula is C19H15N3O. The summed E-state index contributed by atoms with van der Waals surface area (Å²) in [6, 6.07) is 19.9. The van der Waals surface area contributed by atoms with E-state index >= 15 is 0 Å². The van der Waals surface area contributed by atoms with Crippen LogP contribution in [-0.2, 0) is 6.54 Å². The summed E-state index contributed by atoms with van der Waals surface area (Å²) in [7, 11) is 0. The molecule has 0 radical (unpaired) electrons. The molecule has 0 saturated heterocycles. The van der Waals surface area contributed by atoms with Crippen LogP contribution in [0.5, 0.6) is 0 Å². The van der Waals surface area contributed by atoms with E-state index in [1.54, 1.807) is 6.20 Å². The molecule has 0 saturated carbocycles. The Bertz CT molecular complexity index is 1040. The van der Waals surface area contributed by atoms with Crippen LogP contribution in [0.15, 0.2) is 71.7 Å². The first-order valence-corrected chi connectivity index (χ1v) is 7.50. The molecule has 0 atom stereocenters. The zero-order chi connectivity index (χ0) is 15.6. The fourth-order valence-corrected chi connectivity index (χ4v) is 2.77. The predicted octanol–water partition coefficient (Wildman–Crippen LogP) is 3.69. The topological polar surface area (TPSA) is 57.8 Å². The van der Waals surface area contributed by atoms with Crippen LogP contribution in [0.3, 0.4) is 0 Å². The van der Waals surface area contributed by atoms with Crippen molar-refractivity contribution in [2.24, 2.45) is 0 Å². The number of benzene rings is 2. The average Bonchev–Trinajstić information content (AvgIpc) is 2.61. The van der Waals surface area contributed by atoms with Gasteiger partial charge in [0.05, 0.1) is 0 Å². The van der Waals surface area contributed by atoms with Gasteiger partial charge >= 0.3 is 0 Å². The molecule has 2 aromatic heterocycles. The van der Waals surface area contributed by atoms with Crippen molar-refractivity contribution in [1.82, 2.24) is 9.97 Å². The number of anilines is 1. The normalized spacial score (nSPS) is 11.0. The molecule has 2 heterocycles. The van der Waals surface area contributed by atoms with Gasteiger partial charge in [0.2, 0.25) is 0 Å². The number of aromatic nitrogens is 2. The van der Waals surface area contributed by atoms with Gasteiger partial charge in [0.1, 0.15) is 5.65 Å². The molecule has 2 N–H and O–H groups in total. The van der Waals surface area contributed by atoms with Crippen LogP contribution in [-0.4, -0.2) is 9.97 Å². The molecule has 0 bridgehead atoms. The maximum Gasteiger partial charge on any atom is 0.257 e. The highest BCUT2D eigenvalue weighted by atomic mass is 16.1. The lowest BCUT2D eigenvalue weighted by atomic mass is 10.1. The molecule has 0 unspecified atom stereocenters. The lowest BCUT2D eigenvalue weighted by Crippen LogP contribution is -2.08. The van der Waals surface area contributed by atoms with E-state index in [1.807, 2.05) is 48.5 Å². The van der Waals surface area contributed by atoms with Crippen LogP contribution >= 0.6 is 0 Å². The van der Waals surface area contributed by atoms with E-state index in [4.69, 9.17) is 0 Å². The van der Waals surface area contributed by atoms with E-state index in [0.29, 0.717) is 11.0 Å². The number of H-pyrrole nitrogens is 1. The van der Waals surface area contributed by atoms with Crippen LogP contribution in [0.4, 0.5) is 5.69 Å². The van der Waals surface area contributed by atoms with E-state index in [9.17, 15) is 4.79 Å². The molecule has 2 aromatic carbocycles. The Labute approximate surface area is 132 Å². The number of aromatic amines is 1. The Morgan fingerprint density at radius 2 is 1.78 bits per heavy atom. The monoisotopic (exact) mass is 301 g/mol. The van der Waals surface area contributed by atoms with Crippen molar-refractivity contribution in [1.29, 1.82) is 0 Å². The summed E-state index contributed by atoms with van der Waals surface area (Å²) in [5.74, 6) is 0. The Morgan fingerprint density at radius 3 is 2.65 bits per heavy atom. The molecule has 4 nitrogen and oxygen atoms in total. The van der Waals surface area contributed by atoms with Crippen molar-refractivity contribution in [3.05, 3.63) is 82.8 Å². The summed E-state index contributed by atoms with van der Waals surface area (Å²) in [6.07, 6.45) is 1.68. The highest BCUT2D eigenvalue weighted by Gasteiger charge is 2.06. The number of hydrogen-bond acceptors (Lipinski definition) is 3. The molecule has 4 aromatic rings. The fourth-order valence-electron chi connectivity index (χ4n) is 2.77. The van der Waals surface area contributed by atoms with Crippen molar-refractivity contribution >= 4 is 27.5 Å². The smallest absolute Gasteiger partial charge is 0.257 e. The largest absolute Gasteiger partial charge is 0.381 e. The summed E-state index contributed by atoms with van der Waals surface area (Å²) >= 11 is 0. The van der Waals surface area contributed by atoms with E-state index in [1.165, 1.54) is 5.56 Å². The second kappa shape index (κ2) is 5.57. The van der Waals surface area contributed by atoms with Gasteiger partial charge in [-0.3, -0.25) is 4.79 Å². The molecule has 0 aliphatic carbocycles. The van der Waals surface area contributed by atoms with E-state index in [0.717, 1.165) is 23.0 Å². The van der Waals surface area contributed by atoms with E-state index < -0.39 is 0 Å². The van der Waals surface area contributed by atoms with Crippen LogP contribution in [0.2, 0.25) is 0 Å². The number of rotatable bonds is 3. The average molecular weight is 301 g/mol. The number of nitrogens with one attached hydrogen (secondary N) is 2. The Hall–Kier alpha value is -3.14. The van der Waals surface area contributed by atoms with Crippen LogP contribution in [0.25, 0.3) is 21.8 Å². The number of pyridine rings is 2. The maximum atomic E-state index is 12.3. The lowest BCUT2D eigenvalue weighted by Gasteiger charge is -2.08. The van der Waals surface area contributed by atoms with Gasteiger partial charge in [0.15, 0.2) is 0 Å².